The zero-order chi connectivity index (χ0) is 28.8. The third-order valence-electron chi connectivity index (χ3n) is 6.87. The van der Waals surface area contributed by atoms with Crippen LogP contribution in [0.3, 0.4) is 0 Å². The molecular weight excluding hydrogens is 531 g/mol. The third-order valence-corrected chi connectivity index (χ3v) is 6.87. The van der Waals surface area contributed by atoms with Crippen LogP contribution in [-0.2, 0) is 10.2 Å². The second-order valence-corrected chi connectivity index (χ2v) is 10.3. The van der Waals surface area contributed by atoms with Crippen molar-refractivity contribution in [2.75, 3.05) is 5.32 Å². The minimum atomic E-state index is -5.08. The molecule has 4 heterocycles. The van der Waals surface area contributed by atoms with Gasteiger partial charge in [-0.1, -0.05) is 0 Å². The topological polar surface area (TPSA) is 132 Å². The number of carboxylic acids is 1. The highest BCUT2D eigenvalue weighted by atomic mass is 19.4. The minimum absolute atomic E-state index is 0.0521. The lowest BCUT2D eigenvalue weighted by Crippen LogP contribution is -2.55. The molecule has 0 unspecified atom stereocenters. The van der Waals surface area contributed by atoms with E-state index in [4.69, 9.17) is 24.0 Å². The number of anilines is 1. The van der Waals surface area contributed by atoms with Crippen LogP contribution >= 0.6 is 0 Å². The third kappa shape index (κ3) is 5.36. The number of ether oxygens (including phenoxy) is 1. The molecule has 0 radical (unpaired) electrons. The van der Waals surface area contributed by atoms with E-state index < -0.39 is 12.1 Å². The van der Waals surface area contributed by atoms with Gasteiger partial charge in [0, 0.05) is 41.3 Å². The first-order valence-electron chi connectivity index (χ1n) is 12.5. The fraction of sp³-hybridized carbons (Fsp3) is 0.370. The Labute approximate surface area is 226 Å². The van der Waals surface area contributed by atoms with E-state index in [0.717, 1.165) is 28.5 Å². The van der Waals surface area contributed by atoms with Crippen LogP contribution in [0.5, 0.6) is 5.75 Å². The van der Waals surface area contributed by atoms with Crippen molar-refractivity contribution in [2.24, 2.45) is 5.92 Å². The largest absolute Gasteiger partial charge is 0.490 e. The predicted octanol–water partition coefficient (Wildman–Crippen LogP) is 5.42. The number of hydrogen-bond acceptors (Lipinski definition) is 7. The van der Waals surface area contributed by atoms with Crippen molar-refractivity contribution in [1.29, 1.82) is 0 Å². The number of aryl methyl sites for hydroxylation is 1. The predicted molar refractivity (Wildman–Crippen MR) is 136 cm³/mol. The highest BCUT2D eigenvalue weighted by Crippen LogP contribution is 2.64. The van der Waals surface area contributed by atoms with E-state index >= 15 is 0 Å². The van der Waals surface area contributed by atoms with Crippen molar-refractivity contribution in [3.05, 3.63) is 60.1 Å². The molecular formula is C27H26F3N5O5. The van der Waals surface area contributed by atoms with Gasteiger partial charge < -0.3 is 24.0 Å². The van der Waals surface area contributed by atoms with E-state index in [2.05, 4.69) is 21.5 Å². The first-order chi connectivity index (χ1) is 18.8. The van der Waals surface area contributed by atoms with Crippen LogP contribution in [0.4, 0.5) is 18.9 Å². The Morgan fingerprint density at radius 1 is 1.20 bits per heavy atom. The van der Waals surface area contributed by atoms with Crippen LogP contribution < -0.4 is 10.1 Å². The summed E-state index contributed by atoms with van der Waals surface area (Å²) in [6, 6.07) is 5.54. The zero-order valence-electron chi connectivity index (χ0n) is 21.8. The fourth-order valence-corrected chi connectivity index (χ4v) is 4.88. The molecule has 0 saturated heterocycles. The summed E-state index contributed by atoms with van der Waals surface area (Å²) in [7, 11) is 0. The van der Waals surface area contributed by atoms with Crippen molar-refractivity contribution < 1.29 is 37.0 Å². The number of imidazole rings is 1. The summed E-state index contributed by atoms with van der Waals surface area (Å²) in [5.74, 6) is -1.30. The molecule has 3 aliphatic rings. The van der Waals surface area contributed by atoms with E-state index in [0.29, 0.717) is 17.3 Å². The molecule has 3 fully saturated rings. The maximum atomic E-state index is 13.0. The van der Waals surface area contributed by atoms with E-state index in [1.807, 2.05) is 43.5 Å². The first kappa shape index (κ1) is 27.2. The van der Waals surface area contributed by atoms with Crippen molar-refractivity contribution in [1.82, 2.24) is 19.4 Å². The molecule has 0 aromatic carbocycles. The number of carboxylic acid groups (broad SMARTS) is 1. The molecule has 13 heteroatoms. The van der Waals surface area contributed by atoms with Crippen molar-refractivity contribution in [3.8, 4) is 17.2 Å². The van der Waals surface area contributed by atoms with Crippen LogP contribution in [0.15, 0.2) is 47.5 Å². The number of pyridine rings is 2. The van der Waals surface area contributed by atoms with E-state index in [-0.39, 0.29) is 23.1 Å². The number of nitrogens with zero attached hydrogens (tertiary/aromatic N) is 4. The number of oxazole rings is 1. The molecule has 1 amide bonds. The smallest absolute Gasteiger partial charge is 0.489 e. The standard InChI is InChI=1S/C25H25N5O3.C2HF3O2/c1-14(2)33-20-7-22-29-21(25-8-16(9-25)10-25)12-30(22)11-18(20)27-23(31)19-13-32-24(28-19)17-4-5-26-15(3)6-17;3-2(4,5)1(6)7/h4-7,11-14,16H,8-10H2,1-3H3,(H,27,31);(H,6,7). The van der Waals surface area contributed by atoms with Crippen molar-refractivity contribution in [3.63, 3.8) is 0 Å². The van der Waals surface area contributed by atoms with Crippen molar-refractivity contribution in [2.45, 2.75) is 57.7 Å². The van der Waals surface area contributed by atoms with Gasteiger partial charge in [-0.25, -0.2) is 14.8 Å². The monoisotopic (exact) mass is 557 g/mol. The molecule has 4 aromatic rings. The average molecular weight is 558 g/mol. The molecule has 3 saturated carbocycles. The second kappa shape index (κ2) is 9.96. The summed E-state index contributed by atoms with van der Waals surface area (Å²) in [6.45, 7) is 5.80. The number of aliphatic carboxylic acids is 1. The minimum Gasteiger partial charge on any atom is -0.489 e. The first-order valence-corrected chi connectivity index (χ1v) is 12.5. The number of rotatable bonds is 6. The molecule has 0 atom stereocenters. The number of carbonyl (C=O) groups excluding carboxylic acids is 1. The summed E-state index contributed by atoms with van der Waals surface area (Å²) in [5, 5.41) is 10.1. The fourth-order valence-electron chi connectivity index (χ4n) is 4.88. The molecule has 2 N–H and O–H groups in total. The molecule has 4 aromatic heterocycles. The van der Waals surface area contributed by atoms with Crippen LogP contribution in [-0.4, -0.2) is 48.6 Å². The SMILES string of the molecule is Cc1cc(-c2nc(C(=O)Nc3cn4cc(C56CC(C5)C6)nc4cc3OC(C)C)co2)ccn1.O=C(O)C(F)(F)F. The van der Waals surface area contributed by atoms with Gasteiger partial charge in [-0.05, 0) is 58.1 Å². The number of aromatic nitrogens is 4. The van der Waals surface area contributed by atoms with Gasteiger partial charge in [0.2, 0.25) is 5.89 Å². The number of alkyl halides is 3. The summed E-state index contributed by atoms with van der Waals surface area (Å²) < 4.78 is 45.3. The van der Waals surface area contributed by atoms with E-state index in [1.165, 1.54) is 25.5 Å². The summed E-state index contributed by atoms with van der Waals surface area (Å²) in [6.07, 6.45) is 5.57. The van der Waals surface area contributed by atoms with Gasteiger partial charge in [0.1, 0.15) is 23.3 Å². The van der Waals surface area contributed by atoms with Gasteiger partial charge in [-0.15, -0.1) is 0 Å². The van der Waals surface area contributed by atoms with Gasteiger partial charge in [0.05, 0.1) is 11.8 Å². The highest BCUT2D eigenvalue weighted by Gasteiger charge is 2.58. The van der Waals surface area contributed by atoms with Crippen LogP contribution in [0.2, 0.25) is 0 Å². The number of carbonyl (C=O) groups is 2. The molecule has 3 aliphatic carbocycles. The van der Waals surface area contributed by atoms with E-state index in [1.54, 1.807) is 12.3 Å². The number of hydrogen-bond donors (Lipinski definition) is 2. The van der Waals surface area contributed by atoms with Gasteiger partial charge in [-0.2, -0.15) is 13.2 Å². The quantitative estimate of drug-likeness (QED) is 0.321. The number of nitrogens with one attached hydrogen (secondary N) is 1. The molecule has 2 bridgehead atoms. The summed E-state index contributed by atoms with van der Waals surface area (Å²) >= 11 is 0. The Morgan fingerprint density at radius 2 is 1.90 bits per heavy atom. The molecule has 0 aliphatic heterocycles. The molecule has 210 valence electrons. The lowest BCUT2D eigenvalue weighted by atomic mass is 9.43. The van der Waals surface area contributed by atoms with Gasteiger partial charge >= 0.3 is 12.1 Å². The normalized spacial score (nSPS) is 19.3. The maximum Gasteiger partial charge on any atom is 0.490 e. The van der Waals surface area contributed by atoms with Crippen LogP contribution in [0, 0.1) is 12.8 Å². The average Bonchev–Trinajstić information content (AvgIpc) is 3.44. The lowest BCUT2D eigenvalue weighted by Gasteiger charge is -2.61. The second-order valence-electron chi connectivity index (χ2n) is 10.3. The van der Waals surface area contributed by atoms with Gasteiger partial charge in [-0.3, -0.25) is 9.78 Å². The van der Waals surface area contributed by atoms with Crippen molar-refractivity contribution >= 4 is 23.2 Å². The number of fused-ring (bicyclic) bond motifs is 1. The molecule has 10 nitrogen and oxygen atoms in total. The number of amides is 1. The van der Waals surface area contributed by atoms with Gasteiger partial charge in [0.25, 0.3) is 5.91 Å². The highest BCUT2D eigenvalue weighted by molar-refractivity contribution is 6.03. The molecule has 7 rings (SSSR count). The number of halogens is 3. The maximum absolute atomic E-state index is 13.0. The van der Waals surface area contributed by atoms with E-state index in [9.17, 15) is 18.0 Å². The molecule has 0 spiro atoms. The Morgan fingerprint density at radius 3 is 2.48 bits per heavy atom. The van der Waals surface area contributed by atoms with Crippen LogP contribution in [0.1, 0.15) is 55.0 Å². The Balaban J connectivity index is 0.000000411. The molecule has 40 heavy (non-hydrogen) atoms. The Kier molecular flexibility index (Phi) is 6.76. The summed E-state index contributed by atoms with van der Waals surface area (Å²) in [5.41, 5.74) is 4.59. The zero-order valence-corrected chi connectivity index (χ0v) is 21.8. The Bertz CT molecular complexity index is 1580. The van der Waals surface area contributed by atoms with Gasteiger partial charge in [0.15, 0.2) is 5.69 Å². The Hall–Kier alpha value is -4.42. The lowest BCUT2D eigenvalue weighted by molar-refractivity contribution is -0.192. The summed E-state index contributed by atoms with van der Waals surface area (Å²) in [4.78, 5) is 35.3. The van der Waals surface area contributed by atoms with Crippen LogP contribution in [0.25, 0.3) is 17.1 Å².